The van der Waals surface area contributed by atoms with Gasteiger partial charge in [0.1, 0.15) is 0 Å². The van der Waals surface area contributed by atoms with Gasteiger partial charge in [0.25, 0.3) is 5.56 Å². The molecule has 0 fully saturated rings. The van der Waals surface area contributed by atoms with Crippen molar-refractivity contribution < 1.29 is 8.42 Å². The predicted molar refractivity (Wildman–Crippen MR) is 62.5 cm³/mol. The second kappa shape index (κ2) is 4.46. The van der Waals surface area contributed by atoms with E-state index >= 15 is 0 Å². The minimum absolute atomic E-state index is 0.124. The molecule has 0 aliphatic heterocycles. The van der Waals surface area contributed by atoms with E-state index in [9.17, 15) is 18.0 Å². The smallest absolute Gasteiger partial charge is 0.300 e. The zero-order chi connectivity index (χ0) is 13.4. The Kier molecular flexibility index (Phi) is 3.58. The Hall–Kier alpha value is -1.41. The van der Waals surface area contributed by atoms with Crippen molar-refractivity contribution in [2.75, 3.05) is 6.54 Å². The first-order valence-electron chi connectivity index (χ1n) is 5.00. The number of hydrogen-bond acceptors (Lipinski definition) is 4. The van der Waals surface area contributed by atoms with E-state index in [1.54, 1.807) is 6.92 Å². The number of aromatic nitrogens is 2. The summed E-state index contributed by atoms with van der Waals surface area (Å²) in [5, 5.41) is 0. The van der Waals surface area contributed by atoms with E-state index in [0.717, 1.165) is 9.13 Å². The van der Waals surface area contributed by atoms with Crippen LogP contribution in [0.25, 0.3) is 0 Å². The topological polar surface area (TPSA) is 90.2 Å². The largest absolute Gasteiger partial charge is 0.330 e. The maximum atomic E-state index is 11.8. The van der Waals surface area contributed by atoms with Gasteiger partial charge in [0.2, 0.25) is 10.0 Å². The Morgan fingerprint density at radius 3 is 2.18 bits per heavy atom. The zero-order valence-electron chi connectivity index (χ0n) is 10.1. The highest BCUT2D eigenvalue weighted by Crippen LogP contribution is 2.06. The van der Waals surface area contributed by atoms with Crippen molar-refractivity contribution in [3.63, 3.8) is 0 Å². The fraction of sp³-hybridized carbons (Fsp3) is 0.556. The SMILES string of the molecule is CCNS(=O)(=O)c1c(C)n(C)c(=O)n(C)c1=O. The van der Waals surface area contributed by atoms with E-state index < -0.39 is 21.3 Å². The molecule has 96 valence electrons. The number of hydrogen-bond donors (Lipinski definition) is 1. The van der Waals surface area contributed by atoms with Crippen LogP contribution in [0.15, 0.2) is 14.5 Å². The summed E-state index contributed by atoms with van der Waals surface area (Å²) in [6.07, 6.45) is 0. The summed E-state index contributed by atoms with van der Waals surface area (Å²) in [4.78, 5) is 23.0. The molecule has 0 aliphatic rings. The fourth-order valence-corrected chi connectivity index (χ4v) is 2.90. The quantitative estimate of drug-likeness (QED) is 0.731. The van der Waals surface area contributed by atoms with E-state index in [-0.39, 0.29) is 17.1 Å². The van der Waals surface area contributed by atoms with Crippen LogP contribution < -0.4 is 16.0 Å². The summed E-state index contributed by atoms with van der Waals surface area (Å²) < 4.78 is 27.8. The van der Waals surface area contributed by atoms with Gasteiger partial charge in [-0.1, -0.05) is 6.92 Å². The Balaban J connectivity index is 3.80. The molecule has 0 spiro atoms. The van der Waals surface area contributed by atoms with E-state index in [0.29, 0.717) is 0 Å². The minimum atomic E-state index is -3.88. The lowest BCUT2D eigenvalue weighted by molar-refractivity contribution is 0.568. The van der Waals surface area contributed by atoms with Crippen LogP contribution in [0.1, 0.15) is 12.6 Å². The van der Waals surface area contributed by atoms with Gasteiger partial charge < -0.3 is 0 Å². The predicted octanol–water partition coefficient (Wildman–Crippen LogP) is -1.31. The first-order chi connectivity index (χ1) is 7.74. The molecular weight excluding hydrogens is 246 g/mol. The monoisotopic (exact) mass is 261 g/mol. The van der Waals surface area contributed by atoms with Gasteiger partial charge in [0.15, 0.2) is 4.90 Å². The molecular formula is C9H15N3O4S. The molecule has 1 aromatic heterocycles. The van der Waals surface area contributed by atoms with Gasteiger partial charge in [-0.2, -0.15) is 0 Å². The minimum Gasteiger partial charge on any atom is -0.300 e. The normalized spacial score (nSPS) is 11.8. The standard InChI is InChI=1S/C9H15N3O4S/c1-5-10-17(15,16)7-6(2)11(3)9(14)12(4)8(7)13/h10H,5H2,1-4H3. The molecule has 0 amide bonds. The molecule has 0 aliphatic carbocycles. The lowest BCUT2D eigenvalue weighted by atomic mass is 10.4. The molecule has 8 heteroatoms. The molecule has 1 N–H and O–H groups in total. The van der Waals surface area contributed by atoms with Gasteiger partial charge in [-0.15, -0.1) is 0 Å². The van der Waals surface area contributed by atoms with Crippen molar-refractivity contribution in [1.82, 2.24) is 13.9 Å². The molecule has 1 heterocycles. The first-order valence-corrected chi connectivity index (χ1v) is 6.48. The maximum absolute atomic E-state index is 11.8. The molecule has 0 saturated carbocycles. The van der Waals surface area contributed by atoms with Gasteiger partial charge in [-0.3, -0.25) is 13.9 Å². The Morgan fingerprint density at radius 2 is 1.71 bits per heavy atom. The van der Waals surface area contributed by atoms with Crippen molar-refractivity contribution in [1.29, 1.82) is 0 Å². The fourth-order valence-electron chi connectivity index (χ4n) is 1.49. The molecule has 0 atom stereocenters. The van der Waals surface area contributed by atoms with Crippen LogP contribution in [0.3, 0.4) is 0 Å². The highest BCUT2D eigenvalue weighted by molar-refractivity contribution is 7.89. The lowest BCUT2D eigenvalue weighted by Crippen LogP contribution is -2.43. The second-order valence-corrected chi connectivity index (χ2v) is 5.33. The van der Waals surface area contributed by atoms with E-state index in [1.807, 2.05) is 0 Å². The van der Waals surface area contributed by atoms with Gasteiger partial charge in [-0.05, 0) is 6.92 Å². The molecule has 0 radical (unpaired) electrons. The molecule has 0 unspecified atom stereocenters. The molecule has 1 aromatic rings. The van der Waals surface area contributed by atoms with Crippen LogP contribution in [-0.4, -0.2) is 24.1 Å². The molecule has 1 rings (SSSR count). The van der Waals surface area contributed by atoms with Crippen LogP contribution in [0.2, 0.25) is 0 Å². The average molecular weight is 261 g/mol. The summed E-state index contributed by atoms with van der Waals surface area (Å²) in [6.45, 7) is 3.21. The first kappa shape index (κ1) is 13.7. The van der Waals surface area contributed by atoms with Crippen molar-refractivity contribution in [2.45, 2.75) is 18.7 Å². The lowest BCUT2D eigenvalue weighted by Gasteiger charge is -2.12. The summed E-state index contributed by atoms with van der Waals surface area (Å²) in [6, 6.07) is 0. The van der Waals surface area contributed by atoms with Crippen LogP contribution in [0.5, 0.6) is 0 Å². The third-order valence-electron chi connectivity index (χ3n) is 2.51. The zero-order valence-corrected chi connectivity index (χ0v) is 11.0. The van der Waals surface area contributed by atoms with Crippen LogP contribution >= 0.6 is 0 Å². The van der Waals surface area contributed by atoms with Crippen molar-refractivity contribution in [3.05, 3.63) is 26.5 Å². The highest BCUT2D eigenvalue weighted by atomic mass is 32.2. The van der Waals surface area contributed by atoms with Gasteiger partial charge in [-0.25, -0.2) is 17.9 Å². The highest BCUT2D eigenvalue weighted by Gasteiger charge is 2.24. The van der Waals surface area contributed by atoms with Crippen molar-refractivity contribution in [2.24, 2.45) is 14.1 Å². The molecule has 7 nitrogen and oxygen atoms in total. The molecule has 0 bridgehead atoms. The number of nitrogens with zero attached hydrogens (tertiary/aromatic N) is 2. The summed E-state index contributed by atoms with van der Waals surface area (Å²) in [7, 11) is -1.21. The Labute approximate surface area is 98.7 Å². The van der Waals surface area contributed by atoms with Gasteiger partial charge in [0, 0.05) is 26.3 Å². The van der Waals surface area contributed by atoms with Gasteiger partial charge >= 0.3 is 5.69 Å². The van der Waals surface area contributed by atoms with Crippen LogP contribution in [-0.2, 0) is 24.1 Å². The van der Waals surface area contributed by atoms with E-state index in [4.69, 9.17) is 0 Å². The van der Waals surface area contributed by atoms with E-state index in [2.05, 4.69) is 4.72 Å². The maximum Gasteiger partial charge on any atom is 0.330 e. The number of rotatable bonds is 3. The number of nitrogens with one attached hydrogen (secondary N) is 1. The average Bonchev–Trinajstić information content (AvgIpc) is 2.23. The van der Waals surface area contributed by atoms with Crippen molar-refractivity contribution >= 4 is 10.0 Å². The Bertz CT molecular complexity index is 654. The third-order valence-corrected chi connectivity index (χ3v) is 4.18. The van der Waals surface area contributed by atoms with Crippen molar-refractivity contribution in [3.8, 4) is 0 Å². The third kappa shape index (κ3) is 2.18. The molecule has 17 heavy (non-hydrogen) atoms. The van der Waals surface area contributed by atoms with Gasteiger partial charge in [0.05, 0.1) is 0 Å². The van der Waals surface area contributed by atoms with E-state index in [1.165, 1.54) is 21.0 Å². The summed E-state index contributed by atoms with van der Waals surface area (Å²) in [5.74, 6) is 0. The molecule has 0 saturated heterocycles. The van der Waals surface area contributed by atoms with Crippen LogP contribution in [0.4, 0.5) is 0 Å². The van der Waals surface area contributed by atoms with Crippen LogP contribution in [0, 0.1) is 6.92 Å². The Morgan fingerprint density at radius 1 is 1.18 bits per heavy atom. The number of sulfonamides is 1. The summed E-state index contributed by atoms with van der Waals surface area (Å²) in [5.41, 5.74) is -1.24. The summed E-state index contributed by atoms with van der Waals surface area (Å²) >= 11 is 0. The molecule has 0 aromatic carbocycles. The second-order valence-electron chi connectivity index (χ2n) is 3.62.